The molecule has 2 aliphatic rings. The van der Waals surface area contributed by atoms with Gasteiger partial charge in [-0.3, -0.25) is 4.79 Å². The maximum atomic E-state index is 13.2. The molecule has 2 atom stereocenters. The molecule has 2 aliphatic heterocycles. The first-order valence-corrected chi connectivity index (χ1v) is 10.5. The number of hydrogen-bond acceptors (Lipinski definition) is 3. The molecular weight excluding hydrogens is 348 g/mol. The molecule has 2 aromatic rings. The average Bonchev–Trinajstić information content (AvgIpc) is 3.17. The largest absolute Gasteiger partial charge is 0.396 e. The number of rotatable bonds is 5. The Labute approximate surface area is 167 Å². The number of hydrogen-bond donors (Lipinski definition) is 1. The van der Waals surface area contributed by atoms with Crippen molar-refractivity contribution in [3.8, 4) is 11.1 Å². The van der Waals surface area contributed by atoms with Crippen molar-refractivity contribution in [3.05, 3.63) is 60.2 Å². The van der Waals surface area contributed by atoms with E-state index in [2.05, 4.69) is 17.0 Å². The Morgan fingerprint density at radius 2 is 1.61 bits per heavy atom. The lowest BCUT2D eigenvalue weighted by Crippen LogP contribution is -2.37. The summed E-state index contributed by atoms with van der Waals surface area (Å²) >= 11 is 0. The quantitative estimate of drug-likeness (QED) is 0.866. The van der Waals surface area contributed by atoms with Crippen LogP contribution >= 0.6 is 0 Å². The van der Waals surface area contributed by atoms with Gasteiger partial charge in [0.25, 0.3) is 5.91 Å². The number of likely N-dealkylation sites (tertiary alicyclic amines) is 2. The molecule has 2 heterocycles. The van der Waals surface area contributed by atoms with Gasteiger partial charge in [0.2, 0.25) is 0 Å². The third-order valence-electron chi connectivity index (χ3n) is 6.26. The van der Waals surface area contributed by atoms with Gasteiger partial charge in [-0.1, -0.05) is 48.9 Å². The molecule has 1 N–H and O–H groups in total. The predicted molar refractivity (Wildman–Crippen MR) is 112 cm³/mol. The second-order valence-electron chi connectivity index (χ2n) is 8.22. The topological polar surface area (TPSA) is 43.8 Å². The minimum absolute atomic E-state index is 0.0809. The lowest BCUT2D eigenvalue weighted by Gasteiger charge is -2.30. The highest BCUT2D eigenvalue weighted by Crippen LogP contribution is 2.28. The van der Waals surface area contributed by atoms with E-state index in [4.69, 9.17) is 0 Å². The molecule has 2 saturated heterocycles. The van der Waals surface area contributed by atoms with Crippen LogP contribution in [0.5, 0.6) is 0 Å². The van der Waals surface area contributed by atoms with Crippen molar-refractivity contribution < 1.29 is 9.90 Å². The summed E-state index contributed by atoms with van der Waals surface area (Å²) in [6.45, 7) is 4.87. The van der Waals surface area contributed by atoms with Crippen molar-refractivity contribution >= 4 is 5.91 Å². The van der Waals surface area contributed by atoms with E-state index in [1.54, 1.807) is 0 Å². The number of aliphatic hydroxyl groups excluding tert-OH is 1. The maximum Gasteiger partial charge on any atom is 0.253 e. The zero-order chi connectivity index (χ0) is 19.3. The Morgan fingerprint density at radius 3 is 2.36 bits per heavy atom. The van der Waals surface area contributed by atoms with Crippen molar-refractivity contribution in [2.24, 2.45) is 11.8 Å². The first-order valence-electron chi connectivity index (χ1n) is 10.5. The molecule has 28 heavy (non-hydrogen) atoms. The molecule has 0 aromatic heterocycles. The fourth-order valence-electron chi connectivity index (χ4n) is 4.64. The molecule has 0 spiro atoms. The zero-order valence-corrected chi connectivity index (χ0v) is 16.5. The zero-order valence-electron chi connectivity index (χ0n) is 16.5. The number of carbonyl (C=O) groups excluding carboxylic acids is 1. The van der Waals surface area contributed by atoms with Gasteiger partial charge in [-0.25, -0.2) is 0 Å². The highest BCUT2D eigenvalue weighted by Gasteiger charge is 2.36. The first kappa shape index (κ1) is 19.2. The molecule has 0 unspecified atom stereocenters. The van der Waals surface area contributed by atoms with E-state index in [0.29, 0.717) is 12.5 Å². The Hall–Kier alpha value is -2.17. The van der Waals surface area contributed by atoms with Crippen LogP contribution < -0.4 is 0 Å². The lowest BCUT2D eigenvalue weighted by molar-refractivity contribution is 0.0778. The maximum absolute atomic E-state index is 13.2. The summed E-state index contributed by atoms with van der Waals surface area (Å²) in [7, 11) is 0. The second kappa shape index (κ2) is 8.89. The predicted octanol–water partition coefficient (Wildman–Crippen LogP) is 3.52. The van der Waals surface area contributed by atoms with Gasteiger partial charge >= 0.3 is 0 Å². The van der Waals surface area contributed by atoms with Crippen LogP contribution in [0, 0.1) is 11.8 Å². The molecule has 0 bridgehead atoms. The number of piperidine rings is 1. The van der Waals surface area contributed by atoms with Crippen molar-refractivity contribution in [2.75, 3.05) is 39.3 Å². The molecule has 0 saturated carbocycles. The van der Waals surface area contributed by atoms with Crippen LogP contribution in [0.3, 0.4) is 0 Å². The molecule has 4 rings (SSSR count). The monoisotopic (exact) mass is 378 g/mol. The van der Waals surface area contributed by atoms with E-state index in [0.717, 1.165) is 42.9 Å². The van der Waals surface area contributed by atoms with Crippen LogP contribution in [0.1, 0.15) is 29.6 Å². The number of nitrogens with zero attached hydrogens (tertiary/aromatic N) is 2. The number of aliphatic hydroxyl groups is 1. The van der Waals surface area contributed by atoms with E-state index in [1.807, 2.05) is 47.4 Å². The SMILES string of the molecule is O=C(c1cccc(-c2ccccc2)c1)N1C[C@@H](CO)[C@@H](CN2CCCCC2)C1. The molecular formula is C24H30N2O2. The van der Waals surface area contributed by atoms with Crippen LogP contribution in [-0.2, 0) is 0 Å². The summed E-state index contributed by atoms with van der Waals surface area (Å²) in [5.74, 6) is 0.630. The molecule has 4 nitrogen and oxygen atoms in total. The van der Waals surface area contributed by atoms with Crippen LogP contribution in [-0.4, -0.2) is 60.1 Å². The minimum atomic E-state index is 0.0809. The second-order valence-corrected chi connectivity index (χ2v) is 8.22. The molecule has 4 heteroatoms. The fourth-order valence-corrected chi connectivity index (χ4v) is 4.64. The summed E-state index contributed by atoms with van der Waals surface area (Å²) in [6, 6.07) is 18.1. The van der Waals surface area contributed by atoms with E-state index in [9.17, 15) is 9.90 Å². The summed E-state index contributed by atoms with van der Waals surface area (Å²) in [4.78, 5) is 17.6. The van der Waals surface area contributed by atoms with Gasteiger partial charge in [0.15, 0.2) is 0 Å². The number of amides is 1. The number of benzene rings is 2. The Bertz CT molecular complexity index is 786. The Morgan fingerprint density at radius 1 is 0.893 bits per heavy atom. The van der Waals surface area contributed by atoms with Crippen LogP contribution in [0.25, 0.3) is 11.1 Å². The van der Waals surface area contributed by atoms with Gasteiger partial charge in [-0.2, -0.15) is 0 Å². The smallest absolute Gasteiger partial charge is 0.253 e. The van der Waals surface area contributed by atoms with Crippen LogP contribution in [0.15, 0.2) is 54.6 Å². The Balaban J connectivity index is 1.46. The molecule has 1 amide bonds. The lowest BCUT2D eigenvalue weighted by atomic mass is 9.95. The molecule has 2 fully saturated rings. The highest BCUT2D eigenvalue weighted by molar-refractivity contribution is 5.95. The molecule has 2 aromatic carbocycles. The molecule has 0 aliphatic carbocycles. The normalized spacial score (nSPS) is 23.1. The highest BCUT2D eigenvalue weighted by atomic mass is 16.3. The standard InChI is InChI=1S/C24H30N2O2/c27-18-23-17-26(16-22(23)15-25-12-5-2-6-13-25)24(28)21-11-7-10-20(14-21)19-8-3-1-4-9-19/h1,3-4,7-11,14,22-23,27H,2,5-6,12-13,15-18H2/t22-,23-/m0/s1. The van der Waals surface area contributed by atoms with Gasteiger partial charge in [-0.05, 0) is 55.1 Å². The summed E-state index contributed by atoms with van der Waals surface area (Å²) in [6.07, 6.45) is 3.86. The van der Waals surface area contributed by atoms with Gasteiger partial charge in [-0.15, -0.1) is 0 Å². The van der Waals surface area contributed by atoms with Crippen LogP contribution in [0.4, 0.5) is 0 Å². The van der Waals surface area contributed by atoms with Crippen LogP contribution in [0.2, 0.25) is 0 Å². The van der Waals surface area contributed by atoms with Gasteiger partial charge in [0.1, 0.15) is 0 Å². The first-order chi connectivity index (χ1) is 13.7. The van der Waals surface area contributed by atoms with Gasteiger partial charge < -0.3 is 14.9 Å². The summed E-state index contributed by atoms with van der Waals surface area (Å²) < 4.78 is 0. The number of carbonyl (C=O) groups is 1. The average molecular weight is 379 g/mol. The Kier molecular flexibility index (Phi) is 6.08. The van der Waals surface area contributed by atoms with Crippen molar-refractivity contribution in [1.29, 1.82) is 0 Å². The summed E-state index contributed by atoms with van der Waals surface area (Å²) in [5.41, 5.74) is 2.92. The van der Waals surface area contributed by atoms with Gasteiger partial charge in [0.05, 0.1) is 0 Å². The van der Waals surface area contributed by atoms with E-state index < -0.39 is 0 Å². The third kappa shape index (κ3) is 4.29. The van der Waals surface area contributed by atoms with Crippen molar-refractivity contribution in [1.82, 2.24) is 9.80 Å². The van der Waals surface area contributed by atoms with E-state index in [-0.39, 0.29) is 18.4 Å². The van der Waals surface area contributed by atoms with E-state index >= 15 is 0 Å². The van der Waals surface area contributed by atoms with Crippen molar-refractivity contribution in [2.45, 2.75) is 19.3 Å². The van der Waals surface area contributed by atoms with Crippen molar-refractivity contribution in [3.63, 3.8) is 0 Å². The minimum Gasteiger partial charge on any atom is -0.396 e. The van der Waals surface area contributed by atoms with E-state index in [1.165, 1.54) is 19.3 Å². The molecule has 0 radical (unpaired) electrons. The molecule has 148 valence electrons. The summed E-state index contributed by atoms with van der Waals surface area (Å²) in [5, 5.41) is 9.87. The fraction of sp³-hybridized carbons (Fsp3) is 0.458. The van der Waals surface area contributed by atoms with Gasteiger partial charge in [0, 0.05) is 37.7 Å². The third-order valence-corrected chi connectivity index (χ3v) is 6.26.